The summed E-state index contributed by atoms with van der Waals surface area (Å²) in [5.74, 6) is -1.69. The lowest BCUT2D eigenvalue weighted by atomic mass is 9.84. The fourth-order valence-electron chi connectivity index (χ4n) is 2.99. The number of esters is 2. The number of rotatable bonds is 4. The molecule has 0 bridgehead atoms. The minimum atomic E-state index is -1.80. The molecule has 0 aliphatic heterocycles. The normalized spacial score (nSPS) is 29.7. The first kappa shape index (κ1) is 20.0. The van der Waals surface area contributed by atoms with Gasteiger partial charge in [0.15, 0.2) is 12.2 Å². The molecule has 1 fully saturated rings. The first-order valence-electron chi connectivity index (χ1n) is 8.64. The van der Waals surface area contributed by atoms with Gasteiger partial charge in [0.1, 0.15) is 24.4 Å². The monoisotopic (exact) mass is 388 g/mol. The van der Waals surface area contributed by atoms with E-state index < -0.39 is 48.6 Å². The van der Waals surface area contributed by atoms with Gasteiger partial charge in [0, 0.05) is 0 Å². The number of ether oxygens (including phenoxy) is 2. The average Bonchev–Trinajstić information content (AvgIpc) is 2.74. The smallest absolute Gasteiger partial charge is 0.338 e. The standard InChI is InChI=1S/C20H20O8/c21-13-14(22)16(24)18(28-20(26)12-9-5-2-6-10-12)17(15(13)23)27-19(25)11-7-3-1-4-8-11/h1-10,13-18,21-24H/t13-,14-,15-,16+,17-,18-/m0/s1. The Kier molecular flexibility index (Phi) is 6.05. The molecule has 0 aromatic heterocycles. The van der Waals surface area contributed by atoms with Crippen molar-refractivity contribution in [3.63, 3.8) is 0 Å². The first-order valence-corrected chi connectivity index (χ1v) is 8.64. The van der Waals surface area contributed by atoms with Gasteiger partial charge in [-0.05, 0) is 24.3 Å². The van der Waals surface area contributed by atoms with Gasteiger partial charge in [-0.25, -0.2) is 9.59 Å². The molecule has 4 N–H and O–H groups in total. The van der Waals surface area contributed by atoms with Crippen molar-refractivity contribution >= 4 is 11.9 Å². The van der Waals surface area contributed by atoms with Crippen molar-refractivity contribution in [3.8, 4) is 0 Å². The third-order valence-electron chi connectivity index (χ3n) is 4.55. The van der Waals surface area contributed by atoms with E-state index in [2.05, 4.69) is 0 Å². The second-order valence-corrected chi connectivity index (χ2v) is 6.43. The van der Waals surface area contributed by atoms with Crippen LogP contribution in [0.2, 0.25) is 0 Å². The van der Waals surface area contributed by atoms with Crippen molar-refractivity contribution in [1.29, 1.82) is 0 Å². The molecule has 148 valence electrons. The minimum Gasteiger partial charge on any atom is -0.452 e. The van der Waals surface area contributed by atoms with Crippen LogP contribution in [0.1, 0.15) is 20.7 Å². The number of aliphatic hydroxyl groups excluding tert-OH is 4. The second-order valence-electron chi connectivity index (χ2n) is 6.43. The lowest BCUT2D eigenvalue weighted by Gasteiger charge is -2.42. The van der Waals surface area contributed by atoms with Gasteiger partial charge >= 0.3 is 11.9 Å². The fraction of sp³-hybridized carbons (Fsp3) is 0.300. The van der Waals surface area contributed by atoms with Crippen LogP contribution in [0.4, 0.5) is 0 Å². The number of hydrogen-bond acceptors (Lipinski definition) is 8. The van der Waals surface area contributed by atoms with Gasteiger partial charge in [0.2, 0.25) is 0 Å². The van der Waals surface area contributed by atoms with Crippen molar-refractivity contribution in [2.24, 2.45) is 0 Å². The molecular formula is C20H20O8. The molecule has 2 aromatic rings. The third-order valence-corrected chi connectivity index (χ3v) is 4.55. The van der Waals surface area contributed by atoms with E-state index in [0.717, 1.165) is 0 Å². The first-order chi connectivity index (χ1) is 13.4. The van der Waals surface area contributed by atoms with Crippen molar-refractivity contribution < 1.29 is 39.5 Å². The lowest BCUT2D eigenvalue weighted by Crippen LogP contribution is -2.65. The minimum absolute atomic E-state index is 0.165. The summed E-state index contributed by atoms with van der Waals surface area (Å²) >= 11 is 0. The van der Waals surface area contributed by atoms with E-state index in [1.807, 2.05) is 0 Å². The quantitative estimate of drug-likeness (QED) is 0.534. The molecule has 0 saturated heterocycles. The topological polar surface area (TPSA) is 134 Å². The molecule has 8 heteroatoms. The number of carbonyl (C=O) groups is 2. The van der Waals surface area contributed by atoms with Gasteiger partial charge in [-0.3, -0.25) is 0 Å². The van der Waals surface area contributed by atoms with Crippen molar-refractivity contribution in [1.82, 2.24) is 0 Å². The van der Waals surface area contributed by atoms with E-state index in [0.29, 0.717) is 0 Å². The Morgan fingerprint density at radius 1 is 0.571 bits per heavy atom. The average molecular weight is 388 g/mol. The molecule has 0 heterocycles. The van der Waals surface area contributed by atoms with Crippen LogP contribution in [0, 0.1) is 0 Å². The molecule has 0 unspecified atom stereocenters. The SMILES string of the molecule is O=C(O[C@H]1[C@H](O)[C@@H](O)[C@H](O)[C@H](O)[C@@H]1OC(=O)c1ccccc1)c1ccccc1. The zero-order valence-corrected chi connectivity index (χ0v) is 14.7. The van der Waals surface area contributed by atoms with E-state index in [4.69, 9.17) is 9.47 Å². The van der Waals surface area contributed by atoms with E-state index >= 15 is 0 Å². The summed E-state index contributed by atoms with van der Waals surface area (Å²) in [6.07, 6.45) is -10.3. The van der Waals surface area contributed by atoms with Crippen LogP contribution in [0.25, 0.3) is 0 Å². The van der Waals surface area contributed by atoms with Crippen LogP contribution in [0.5, 0.6) is 0 Å². The Bertz CT molecular complexity index is 740. The highest BCUT2D eigenvalue weighted by Crippen LogP contribution is 2.28. The molecule has 0 spiro atoms. The number of benzene rings is 2. The summed E-state index contributed by atoms with van der Waals surface area (Å²) in [4.78, 5) is 24.7. The molecule has 1 aliphatic rings. The van der Waals surface area contributed by atoms with Gasteiger partial charge in [-0.1, -0.05) is 36.4 Å². The Morgan fingerprint density at radius 2 is 0.893 bits per heavy atom. The summed E-state index contributed by atoms with van der Waals surface area (Å²) in [5.41, 5.74) is 0.330. The predicted molar refractivity (Wildman–Crippen MR) is 95.3 cm³/mol. The highest BCUT2D eigenvalue weighted by Gasteiger charge is 2.53. The maximum atomic E-state index is 12.4. The second kappa shape index (κ2) is 8.49. The summed E-state index contributed by atoms with van der Waals surface area (Å²) in [6, 6.07) is 15.7. The molecule has 1 aliphatic carbocycles. The van der Waals surface area contributed by atoms with E-state index in [-0.39, 0.29) is 11.1 Å². The molecule has 2 aromatic carbocycles. The van der Waals surface area contributed by atoms with Gasteiger partial charge < -0.3 is 29.9 Å². The number of aliphatic hydroxyl groups is 4. The highest BCUT2D eigenvalue weighted by molar-refractivity contribution is 5.90. The zero-order chi connectivity index (χ0) is 20.3. The van der Waals surface area contributed by atoms with Crippen LogP contribution in [0.15, 0.2) is 60.7 Å². The van der Waals surface area contributed by atoms with Crippen LogP contribution in [-0.4, -0.2) is 69.0 Å². The zero-order valence-electron chi connectivity index (χ0n) is 14.7. The van der Waals surface area contributed by atoms with Crippen molar-refractivity contribution in [3.05, 3.63) is 71.8 Å². The molecule has 3 rings (SSSR count). The summed E-state index contributed by atoms with van der Waals surface area (Å²) in [6.45, 7) is 0. The van der Waals surface area contributed by atoms with Gasteiger partial charge in [-0.15, -0.1) is 0 Å². The Labute approximate surface area is 160 Å². The summed E-state index contributed by atoms with van der Waals surface area (Å²) in [5, 5.41) is 40.5. The summed E-state index contributed by atoms with van der Waals surface area (Å²) < 4.78 is 10.5. The molecule has 6 atom stereocenters. The van der Waals surface area contributed by atoms with E-state index in [9.17, 15) is 30.0 Å². The Hall–Kier alpha value is -2.78. The third kappa shape index (κ3) is 4.05. The largest absolute Gasteiger partial charge is 0.452 e. The molecular weight excluding hydrogens is 368 g/mol. The van der Waals surface area contributed by atoms with E-state index in [1.165, 1.54) is 24.3 Å². The lowest BCUT2D eigenvalue weighted by molar-refractivity contribution is -0.223. The molecule has 1 saturated carbocycles. The number of carbonyl (C=O) groups excluding carboxylic acids is 2. The molecule has 0 amide bonds. The number of hydrogen-bond donors (Lipinski definition) is 4. The van der Waals surface area contributed by atoms with Crippen LogP contribution >= 0.6 is 0 Å². The van der Waals surface area contributed by atoms with E-state index in [1.54, 1.807) is 36.4 Å². The summed E-state index contributed by atoms with van der Waals surface area (Å²) in [7, 11) is 0. The highest BCUT2D eigenvalue weighted by atomic mass is 16.6. The van der Waals surface area contributed by atoms with Crippen molar-refractivity contribution in [2.45, 2.75) is 36.6 Å². The fourth-order valence-corrected chi connectivity index (χ4v) is 2.99. The maximum absolute atomic E-state index is 12.4. The molecule has 28 heavy (non-hydrogen) atoms. The Morgan fingerprint density at radius 3 is 1.21 bits per heavy atom. The van der Waals surface area contributed by atoms with Gasteiger partial charge in [0.25, 0.3) is 0 Å². The van der Waals surface area contributed by atoms with Crippen LogP contribution in [0.3, 0.4) is 0 Å². The van der Waals surface area contributed by atoms with Crippen molar-refractivity contribution in [2.75, 3.05) is 0 Å². The predicted octanol–water partition coefficient (Wildman–Crippen LogP) is -0.105. The van der Waals surface area contributed by atoms with Crippen LogP contribution in [-0.2, 0) is 9.47 Å². The van der Waals surface area contributed by atoms with Gasteiger partial charge in [0.05, 0.1) is 11.1 Å². The van der Waals surface area contributed by atoms with Crippen LogP contribution < -0.4 is 0 Å². The molecule has 8 nitrogen and oxygen atoms in total. The Balaban J connectivity index is 1.84. The van der Waals surface area contributed by atoms with Gasteiger partial charge in [-0.2, -0.15) is 0 Å². The molecule has 0 radical (unpaired) electrons. The maximum Gasteiger partial charge on any atom is 0.338 e.